The fourth-order valence-corrected chi connectivity index (χ4v) is 4.38. The Balaban J connectivity index is 1.55. The Morgan fingerprint density at radius 1 is 1.12 bits per heavy atom. The van der Waals surface area contributed by atoms with E-state index in [1.54, 1.807) is 24.3 Å². The molecular formula is C23H33N3O6. The minimum Gasteiger partial charge on any atom is -0.489 e. The Hall–Kier alpha value is -2.65. The van der Waals surface area contributed by atoms with Crippen LogP contribution in [0.3, 0.4) is 0 Å². The van der Waals surface area contributed by atoms with E-state index in [-0.39, 0.29) is 6.61 Å². The topological polar surface area (TPSA) is 128 Å². The van der Waals surface area contributed by atoms with Gasteiger partial charge in [0.2, 0.25) is 5.91 Å². The SMILES string of the molecule is O=C(O)CN1C(=O)[C@@H](NC(CCCCNC2CCCCC2)C(=O)O)COc2ccccc21. The van der Waals surface area contributed by atoms with Gasteiger partial charge < -0.3 is 20.3 Å². The molecule has 0 aromatic heterocycles. The van der Waals surface area contributed by atoms with Crippen LogP contribution in [0.2, 0.25) is 0 Å². The van der Waals surface area contributed by atoms with Crippen molar-refractivity contribution >= 4 is 23.5 Å². The number of nitrogens with zero attached hydrogens (tertiary/aromatic N) is 1. The number of unbranched alkanes of at least 4 members (excludes halogenated alkanes) is 1. The van der Waals surface area contributed by atoms with E-state index in [9.17, 15) is 24.6 Å². The van der Waals surface area contributed by atoms with E-state index in [1.165, 1.54) is 32.1 Å². The summed E-state index contributed by atoms with van der Waals surface area (Å²) in [7, 11) is 0. The number of hydrogen-bond acceptors (Lipinski definition) is 6. The third kappa shape index (κ3) is 6.67. The highest BCUT2D eigenvalue weighted by molar-refractivity contribution is 6.02. The van der Waals surface area contributed by atoms with Gasteiger partial charge in [0.15, 0.2) is 0 Å². The number of nitrogens with one attached hydrogen (secondary N) is 2. The molecule has 1 heterocycles. The summed E-state index contributed by atoms with van der Waals surface area (Å²) in [6.45, 7) is 0.255. The number of benzene rings is 1. The Morgan fingerprint density at radius 3 is 2.59 bits per heavy atom. The van der Waals surface area contributed by atoms with Crippen molar-refractivity contribution in [1.82, 2.24) is 10.6 Å². The molecule has 1 aliphatic carbocycles. The molecule has 0 radical (unpaired) electrons. The summed E-state index contributed by atoms with van der Waals surface area (Å²) in [5.41, 5.74) is 0.366. The van der Waals surface area contributed by atoms with Crippen LogP contribution in [0.1, 0.15) is 51.4 Å². The summed E-state index contributed by atoms with van der Waals surface area (Å²) in [4.78, 5) is 37.4. The number of ether oxygens (including phenoxy) is 1. The Labute approximate surface area is 188 Å². The predicted molar refractivity (Wildman–Crippen MR) is 119 cm³/mol. The van der Waals surface area contributed by atoms with Gasteiger partial charge in [0.1, 0.15) is 31.0 Å². The predicted octanol–water partition coefficient (Wildman–Crippen LogP) is 2.00. The summed E-state index contributed by atoms with van der Waals surface area (Å²) in [5.74, 6) is -2.31. The van der Waals surface area contributed by atoms with Gasteiger partial charge >= 0.3 is 11.9 Å². The van der Waals surface area contributed by atoms with Crippen molar-refractivity contribution in [2.75, 3.05) is 24.6 Å². The smallest absolute Gasteiger partial charge is 0.323 e. The van der Waals surface area contributed by atoms with Crippen molar-refractivity contribution in [3.63, 3.8) is 0 Å². The quantitative estimate of drug-likeness (QED) is 0.379. The van der Waals surface area contributed by atoms with E-state index in [1.807, 2.05) is 0 Å². The molecule has 9 heteroatoms. The van der Waals surface area contributed by atoms with Crippen molar-refractivity contribution in [2.45, 2.75) is 69.5 Å². The Kier molecular flexibility index (Phi) is 8.87. The lowest BCUT2D eigenvalue weighted by Crippen LogP contribution is -2.54. The maximum Gasteiger partial charge on any atom is 0.323 e. The van der Waals surface area contributed by atoms with Crippen LogP contribution >= 0.6 is 0 Å². The average Bonchev–Trinajstić information content (AvgIpc) is 2.90. The molecule has 1 saturated carbocycles. The highest BCUT2D eigenvalue weighted by Gasteiger charge is 2.35. The Bertz CT molecular complexity index is 796. The molecular weight excluding hydrogens is 414 g/mol. The largest absolute Gasteiger partial charge is 0.489 e. The zero-order valence-electron chi connectivity index (χ0n) is 18.3. The normalized spacial score (nSPS) is 20.2. The molecule has 176 valence electrons. The molecule has 1 fully saturated rings. The molecule has 3 rings (SSSR count). The molecule has 1 unspecified atom stereocenters. The minimum absolute atomic E-state index is 0.0705. The van der Waals surface area contributed by atoms with Gasteiger partial charge in [0.25, 0.3) is 0 Å². The lowest BCUT2D eigenvalue weighted by molar-refractivity contribution is -0.141. The molecule has 32 heavy (non-hydrogen) atoms. The monoisotopic (exact) mass is 447 g/mol. The van der Waals surface area contributed by atoms with E-state index in [0.717, 1.165) is 17.9 Å². The first-order valence-corrected chi connectivity index (χ1v) is 11.4. The van der Waals surface area contributed by atoms with Crippen molar-refractivity contribution in [3.8, 4) is 5.75 Å². The van der Waals surface area contributed by atoms with Gasteiger partial charge in [-0.05, 0) is 44.4 Å². The number of anilines is 1. The standard InChI is InChI=1S/C23H33N3O6/c27-21(28)14-26-19-11-4-5-12-20(19)32-15-18(22(26)29)25-17(23(30)31)10-6-7-13-24-16-8-2-1-3-9-16/h4-5,11-12,16-18,24-25H,1-3,6-10,13-15H2,(H,27,28)(H,30,31)/t17?,18-/m0/s1. The lowest BCUT2D eigenvalue weighted by Gasteiger charge is -2.25. The summed E-state index contributed by atoms with van der Waals surface area (Å²) in [6.07, 6.45) is 8.18. The third-order valence-corrected chi connectivity index (χ3v) is 6.08. The van der Waals surface area contributed by atoms with Crippen LogP contribution in [0, 0.1) is 0 Å². The van der Waals surface area contributed by atoms with Gasteiger partial charge in [-0.15, -0.1) is 0 Å². The first-order chi connectivity index (χ1) is 15.5. The third-order valence-electron chi connectivity index (χ3n) is 6.08. The fraction of sp³-hybridized carbons (Fsp3) is 0.609. The van der Waals surface area contributed by atoms with Crippen LogP contribution in [0.4, 0.5) is 5.69 Å². The van der Waals surface area contributed by atoms with Gasteiger partial charge in [-0.25, -0.2) is 0 Å². The number of carbonyl (C=O) groups excluding carboxylic acids is 1. The number of carboxylic acid groups (broad SMARTS) is 2. The second-order valence-corrected chi connectivity index (χ2v) is 8.49. The summed E-state index contributed by atoms with van der Waals surface area (Å²) in [6, 6.07) is 5.40. The van der Waals surface area contributed by atoms with Gasteiger partial charge in [0, 0.05) is 6.04 Å². The number of hydrogen-bond donors (Lipinski definition) is 4. The van der Waals surface area contributed by atoms with E-state index in [0.29, 0.717) is 30.3 Å². The molecule has 0 bridgehead atoms. The number of amides is 1. The molecule has 1 aromatic rings. The van der Waals surface area contributed by atoms with E-state index >= 15 is 0 Å². The molecule has 1 aromatic carbocycles. The van der Waals surface area contributed by atoms with Gasteiger partial charge in [-0.3, -0.25) is 24.6 Å². The molecule has 0 spiro atoms. The van der Waals surface area contributed by atoms with Gasteiger partial charge in [0.05, 0.1) is 5.69 Å². The van der Waals surface area contributed by atoms with Gasteiger partial charge in [-0.2, -0.15) is 0 Å². The van der Waals surface area contributed by atoms with E-state index in [4.69, 9.17) is 4.74 Å². The van der Waals surface area contributed by atoms with E-state index < -0.39 is 36.5 Å². The summed E-state index contributed by atoms with van der Waals surface area (Å²) >= 11 is 0. The second-order valence-electron chi connectivity index (χ2n) is 8.49. The number of carbonyl (C=O) groups is 3. The maximum absolute atomic E-state index is 13.1. The summed E-state index contributed by atoms with van der Waals surface area (Å²) < 4.78 is 5.71. The lowest BCUT2D eigenvalue weighted by atomic mass is 9.95. The van der Waals surface area contributed by atoms with Crippen LogP contribution in [0.5, 0.6) is 5.75 Å². The van der Waals surface area contributed by atoms with E-state index in [2.05, 4.69) is 10.6 Å². The first-order valence-electron chi connectivity index (χ1n) is 11.4. The summed E-state index contributed by atoms with van der Waals surface area (Å²) in [5, 5.41) is 25.4. The number of para-hydroxylation sites is 2. The number of rotatable bonds is 11. The van der Waals surface area contributed by atoms with Crippen molar-refractivity contribution in [1.29, 1.82) is 0 Å². The molecule has 9 nitrogen and oxygen atoms in total. The molecule has 2 atom stereocenters. The maximum atomic E-state index is 13.1. The van der Waals surface area contributed by atoms with Gasteiger partial charge in [-0.1, -0.05) is 37.8 Å². The minimum atomic E-state index is -1.16. The zero-order valence-corrected chi connectivity index (χ0v) is 18.3. The van der Waals surface area contributed by atoms with Crippen LogP contribution in [0.25, 0.3) is 0 Å². The average molecular weight is 448 g/mol. The highest BCUT2D eigenvalue weighted by Crippen LogP contribution is 2.31. The van der Waals surface area contributed by atoms with Crippen LogP contribution < -0.4 is 20.3 Å². The first kappa shape index (κ1) is 24.0. The molecule has 1 aliphatic heterocycles. The van der Waals surface area contributed by atoms with Crippen molar-refractivity contribution < 1.29 is 29.3 Å². The number of aliphatic carboxylic acids is 2. The second kappa shape index (κ2) is 11.8. The van der Waals surface area contributed by atoms with Crippen LogP contribution in [-0.4, -0.2) is 65.9 Å². The van der Waals surface area contributed by atoms with Crippen LogP contribution in [0.15, 0.2) is 24.3 Å². The molecule has 4 N–H and O–H groups in total. The highest BCUT2D eigenvalue weighted by atomic mass is 16.5. The van der Waals surface area contributed by atoms with Crippen molar-refractivity contribution in [3.05, 3.63) is 24.3 Å². The Morgan fingerprint density at radius 2 is 1.88 bits per heavy atom. The zero-order chi connectivity index (χ0) is 22.9. The molecule has 0 saturated heterocycles. The molecule has 2 aliphatic rings. The fourth-order valence-electron chi connectivity index (χ4n) is 4.38. The molecule has 1 amide bonds. The van der Waals surface area contributed by atoms with Crippen molar-refractivity contribution in [2.24, 2.45) is 0 Å². The van der Waals surface area contributed by atoms with Crippen LogP contribution in [-0.2, 0) is 14.4 Å². The number of fused-ring (bicyclic) bond motifs is 1. The number of carboxylic acids is 2.